The van der Waals surface area contributed by atoms with E-state index in [0.717, 1.165) is 17.7 Å². The van der Waals surface area contributed by atoms with Crippen molar-refractivity contribution in [2.75, 3.05) is 0 Å². The number of pyridine rings is 1. The Morgan fingerprint density at radius 2 is 1.90 bits per heavy atom. The van der Waals surface area contributed by atoms with Gasteiger partial charge >= 0.3 is 0 Å². The molecule has 0 N–H and O–H groups in total. The molecule has 3 rings (SSSR count). The van der Waals surface area contributed by atoms with Gasteiger partial charge in [-0.25, -0.2) is 17.2 Å². The lowest BCUT2D eigenvalue weighted by Crippen LogP contribution is -2.25. The van der Waals surface area contributed by atoms with Gasteiger partial charge in [-0.05, 0) is 29.8 Å². The summed E-state index contributed by atoms with van der Waals surface area (Å²) in [6.45, 7) is 0.321. The number of fused-ring (bicyclic) bond motifs is 1. The summed E-state index contributed by atoms with van der Waals surface area (Å²) in [4.78, 5) is 3.85. The van der Waals surface area contributed by atoms with Crippen LogP contribution in [0.2, 0.25) is 0 Å². The van der Waals surface area contributed by atoms with Gasteiger partial charge in [0, 0.05) is 12.7 Å². The first-order valence-corrected chi connectivity index (χ1v) is 7.30. The van der Waals surface area contributed by atoms with Crippen LogP contribution in [0.25, 0.3) is 0 Å². The summed E-state index contributed by atoms with van der Waals surface area (Å²) in [5.41, 5.74) is 1.50. The van der Waals surface area contributed by atoms with Gasteiger partial charge in [-0.1, -0.05) is 6.07 Å². The van der Waals surface area contributed by atoms with E-state index in [2.05, 4.69) is 4.98 Å². The quantitative estimate of drug-likeness (QED) is 0.852. The molecule has 1 aliphatic heterocycles. The number of hydrogen-bond acceptors (Lipinski definition) is 3. The van der Waals surface area contributed by atoms with E-state index in [0.29, 0.717) is 11.8 Å². The normalized spacial score (nSPS) is 15.3. The Morgan fingerprint density at radius 1 is 1.10 bits per heavy atom. The van der Waals surface area contributed by atoms with Gasteiger partial charge in [0.1, 0.15) is 0 Å². The predicted molar refractivity (Wildman–Crippen MR) is 67.0 cm³/mol. The first-order chi connectivity index (χ1) is 9.48. The number of sulfonamides is 1. The van der Waals surface area contributed by atoms with E-state index in [4.69, 9.17) is 0 Å². The number of benzene rings is 1. The summed E-state index contributed by atoms with van der Waals surface area (Å²) in [6, 6.07) is 6.09. The Hall–Kier alpha value is -1.86. The fraction of sp³-hybridized carbons (Fsp3) is 0.154. The highest BCUT2D eigenvalue weighted by Gasteiger charge is 2.31. The van der Waals surface area contributed by atoms with E-state index >= 15 is 0 Å². The molecule has 0 aliphatic carbocycles. The van der Waals surface area contributed by atoms with Crippen molar-refractivity contribution in [1.29, 1.82) is 0 Å². The number of nitrogens with zero attached hydrogens (tertiary/aromatic N) is 2. The lowest BCUT2D eigenvalue weighted by Gasteiger charge is -2.15. The molecule has 1 aromatic heterocycles. The highest BCUT2D eigenvalue weighted by Crippen LogP contribution is 2.27. The second kappa shape index (κ2) is 4.60. The summed E-state index contributed by atoms with van der Waals surface area (Å²) in [7, 11) is -3.86. The standard InChI is InChI=1S/C13H10F2N2O2S/c14-11-4-3-10(6-12(11)15)20(18,19)17-7-9-2-1-5-16-13(9)8-17/h1-6H,7-8H2. The van der Waals surface area contributed by atoms with Gasteiger partial charge in [-0.2, -0.15) is 4.31 Å². The number of rotatable bonds is 2. The maximum absolute atomic E-state index is 13.2. The minimum atomic E-state index is -3.86. The van der Waals surface area contributed by atoms with Gasteiger partial charge in [-0.3, -0.25) is 4.98 Å². The smallest absolute Gasteiger partial charge is 0.243 e. The van der Waals surface area contributed by atoms with Gasteiger partial charge in [0.15, 0.2) is 11.6 Å². The SMILES string of the molecule is O=S(=O)(c1ccc(F)c(F)c1)N1Cc2cccnc2C1. The summed E-state index contributed by atoms with van der Waals surface area (Å²) >= 11 is 0. The zero-order valence-corrected chi connectivity index (χ0v) is 11.1. The van der Waals surface area contributed by atoms with E-state index in [1.165, 1.54) is 4.31 Å². The second-order valence-electron chi connectivity index (χ2n) is 4.46. The molecule has 0 radical (unpaired) electrons. The topological polar surface area (TPSA) is 50.3 Å². The van der Waals surface area contributed by atoms with Crippen LogP contribution in [0.3, 0.4) is 0 Å². The molecule has 1 aliphatic rings. The fourth-order valence-corrected chi connectivity index (χ4v) is 3.52. The Morgan fingerprint density at radius 3 is 2.60 bits per heavy atom. The van der Waals surface area contributed by atoms with E-state index in [1.807, 2.05) is 0 Å². The highest BCUT2D eigenvalue weighted by molar-refractivity contribution is 7.89. The molecule has 2 aromatic rings. The van der Waals surface area contributed by atoms with Gasteiger partial charge in [0.2, 0.25) is 10.0 Å². The van der Waals surface area contributed by atoms with E-state index < -0.39 is 21.7 Å². The first kappa shape index (κ1) is 13.1. The molecule has 4 nitrogen and oxygen atoms in total. The molecule has 0 fully saturated rings. The maximum Gasteiger partial charge on any atom is 0.243 e. The molecular weight excluding hydrogens is 286 g/mol. The van der Waals surface area contributed by atoms with E-state index in [-0.39, 0.29) is 18.0 Å². The van der Waals surface area contributed by atoms with Gasteiger partial charge < -0.3 is 0 Å². The zero-order chi connectivity index (χ0) is 14.3. The van der Waals surface area contributed by atoms with Crippen LogP contribution < -0.4 is 0 Å². The molecule has 1 aromatic carbocycles. The highest BCUT2D eigenvalue weighted by atomic mass is 32.2. The summed E-state index contributed by atoms with van der Waals surface area (Å²) in [5, 5.41) is 0. The Kier molecular flexibility index (Phi) is 3.02. The Bertz CT molecular complexity index is 753. The molecule has 7 heteroatoms. The van der Waals surface area contributed by atoms with Crippen molar-refractivity contribution < 1.29 is 17.2 Å². The van der Waals surface area contributed by atoms with Crippen molar-refractivity contribution in [3.05, 3.63) is 59.4 Å². The third-order valence-electron chi connectivity index (χ3n) is 3.19. The molecule has 0 atom stereocenters. The predicted octanol–water partition coefficient (Wildman–Crippen LogP) is 2.06. The van der Waals surface area contributed by atoms with E-state index in [9.17, 15) is 17.2 Å². The molecule has 0 bridgehead atoms. The van der Waals surface area contributed by atoms with Gasteiger partial charge in [0.25, 0.3) is 0 Å². The Balaban J connectivity index is 1.96. The molecule has 0 unspecified atom stereocenters. The van der Waals surface area contributed by atoms with Crippen molar-refractivity contribution in [2.24, 2.45) is 0 Å². The van der Waals surface area contributed by atoms with Gasteiger partial charge in [0.05, 0.1) is 17.1 Å². The molecule has 0 saturated heterocycles. The van der Waals surface area contributed by atoms with Crippen molar-refractivity contribution in [1.82, 2.24) is 9.29 Å². The molecule has 104 valence electrons. The number of halogens is 2. The third kappa shape index (κ3) is 2.08. The molecule has 0 amide bonds. The minimum absolute atomic E-state index is 0.136. The van der Waals surface area contributed by atoms with Crippen LogP contribution in [0.5, 0.6) is 0 Å². The van der Waals surface area contributed by atoms with Gasteiger partial charge in [-0.15, -0.1) is 0 Å². The summed E-state index contributed by atoms with van der Waals surface area (Å²) in [5.74, 6) is -2.25. The van der Waals surface area contributed by atoms with Crippen molar-refractivity contribution in [3.63, 3.8) is 0 Å². The maximum atomic E-state index is 13.2. The van der Waals surface area contributed by atoms with Crippen LogP contribution in [0.4, 0.5) is 8.78 Å². The molecule has 0 saturated carbocycles. The van der Waals surface area contributed by atoms with Crippen LogP contribution in [0.15, 0.2) is 41.4 Å². The second-order valence-corrected chi connectivity index (χ2v) is 6.40. The fourth-order valence-electron chi connectivity index (χ4n) is 2.13. The Labute approximate surface area is 114 Å². The largest absolute Gasteiger partial charge is 0.260 e. The van der Waals surface area contributed by atoms with Crippen LogP contribution in [0.1, 0.15) is 11.3 Å². The minimum Gasteiger partial charge on any atom is -0.260 e. The monoisotopic (exact) mass is 296 g/mol. The van der Waals surface area contributed by atoms with Crippen LogP contribution in [-0.4, -0.2) is 17.7 Å². The van der Waals surface area contributed by atoms with Crippen molar-refractivity contribution in [2.45, 2.75) is 18.0 Å². The molecule has 2 heterocycles. The summed E-state index contributed by atoms with van der Waals surface area (Å²) in [6.07, 6.45) is 1.59. The number of aromatic nitrogens is 1. The van der Waals surface area contributed by atoms with Crippen LogP contribution in [-0.2, 0) is 23.1 Å². The summed E-state index contributed by atoms with van der Waals surface area (Å²) < 4.78 is 52.0. The molecule has 20 heavy (non-hydrogen) atoms. The average molecular weight is 296 g/mol. The van der Waals surface area contributed by atoms with Crippen molar-refractivity contribution in [3.8, 4) is 0 Å². The lowest BCUT2D eigenvalue weighted by atomic mass is 10.2. The average Bonchev–Trinajstić information content (AvgIpc) is 2.86. The molecule has 0 spiro atoms. The van der Waals surface area contributed by atoms with Crippen LogP contribution >= 0.6 is 0 Å². The molecular formula is C13H10F2N2O2S. The third-order valence-corrected chi connectivity index (χ3v) is 4.97. The first-order valence-electron chi connectivity index (χ1n) is 5.86. The van der Waals surface area contributed by atoms with E-state index in [1.54, 1.807) is 18.3 Å². The number of hydrogen-bond donors (Lipinski definition) is 0. The van der Waals surface area contributed by atoms with Crippen LogP contribution in [0, 0.1) is 11.6 Å². The van der Waals surface area contributed by atoms with Crippen molar-refractivity contribution >= 4 is 10.0 Å². The zero-order valence-electron chi connectivity index (χ0n) is 10.3. The lowest BCUT2D eigenvalue weighted by molar-refractivity contribution is 0.428.